The molecule has 0 aromatic heterocycles. The van der Waals surface area contributed by atoms with Gasteiger partial charge < -0.3 is 5.32 Å². The second-order valence-corrected chi connectivity index (χ2v) is 5.41. The highest BCUT2D eigenvalue weighted by Crippen LogP contribution is 2.34. The normalized spacial score (nSPS) is 37.1. The van der Waals surface area contributed by atoms with Crippen molar-refractivity contribution in [1.29, 1.82) is 0 Å². The minimum Gasteiger partial charge on any atom is -0.314 e. The molecule has 2 saturated heterocycles. The first-order valence-corrected chi connectivity index (χ1v) is 6.51. The van der Waals surface area contributed by atoms with Crippen molar-refractivity contribution in [2.24, 2.45) is 5.92 Å². The molecular formula is C12H21F3N2. The van der Waals surface area contributed by atoms with Crippen LogP contribution in [0.1, 0.15) is 32.6 Å². The van der Waals surface area contributed by atoms with Gasteiger partial charge in [-0.3, -0.25) is 4.90 Å². The molecule has 1 N–H and O–H groups in total. The number of hydrogen-bond acceptors (Lipinski definition) is 2. The Kier molecular flexibility index (Phi) is 3.98. The van der Waals surface area contributed by atoms with Crippen LogP contribution in [0.4, 0.5) is 13.2 Å². The zero-order chi connectivity index (χ0) is 12.5. The summed E-state index contributed by atoms with van der Waals surface area (Å²) in [6.07, 6.45) is -1.07. The molecule has 2 heterocycles. The summed E-state index contributed by atoms with van der Waals surface area (Å²) in [6.45, 7) is 4.08. The Morgan fingerprint density at radius 3 is 2.65 bits per heavy atom. The predicted molar refractivity (Wildman–Crippen MR) is 60.8 cm³/mol. The van der Waals surface area contributed by atoms with Gasteiger partial charge in [0.15, 0.2) is 0 Å². The summed E-state index contributed by atoms with van der Waals surface area (Å²) in [6, 6.07) is 0.774. The third kappa shape index (κ3) is 3.35. The topological polar surface area (TPSA) is 15.3 Å². The van der Waals surface area contributed by atoms with Gasteiger partial charge in [0.05, 0.1) is 5.92 Å². The van der Waals surface area contributed by atoms with E-state index in [1.807, 2.05) is 0 Å². The van der Waals surface area contributed by atoms with Crippen LogP contribution in [0.2, 0.25) is 0 Å². The minimum absolute atomic E-state index is 0.209. The lowest BCUT2D eigenvalue weighted by Gasteiger charge is -2.42. The lowest BCUT2D eigenvalue weighted by atomic mass is 9.92. The fraction of sp³-hybridized carbons (Fsp3) is 1.00. The van der Waals surface area contributed by atoms with Crippen molar-refractivity contribution in [1.82, 2.24) is 10.2 Å². The molecule has 0 amide bonds. The number of piperidine rings is 2. The molecule has 0 bridgehead atoms. The Labute approximate surface area is 101 Å². The van der Waals surface area contributed by atoms with Crippen LogP contribution >= 0.6 is 0 Å². The number of likely N-dealkylation sites (tertiary alicyclic amines) is 1. The molecule has 2 aliphatic rings. The molecule has 2 aliphatic heterocycles. The maximum atomic E-state index is 12.7. The van der Waals surface area contributed by atoms with Crippen LogP contribution in [0.25, 0.3) is 0 Å². The molecule has 0 aromatic carbocycles. The van der Waals surface area contributed by atoms with Gasteiger partial charge in [0.25, 0.3) is 0 Å². The van der Waals surface area contributed by atoms with Crippen molar-refractivity contribution in [2.75, 3.05) is 19.6 Å². The lowest BCUT2D eigenvalue weighted by molar-refractivity contribution is -0.189. The molecule has 2 fully saturated rings. The molecule has 2 rings (SSSR count). The maximum Gasteiger partial charge on any atom is 0.393 e. The van der Waals surface area contributed by atoms with Crippen LogP contribution < -0.4 is 5.32 Å². The second kappa shape index (κ2) is 5.14. The Morgan fingerprint density at radius 1 is 1.24 bits per heavy atom. The first kappa shape index (κ1) is 13.1. The summed E-state index contributed by atoms with van der Waals surface area (Å²) in [7, 11) is 0. The van der Waals surface area contributed by atoms with Crippen LogP contribution in [0, 0.1) is 5.92 Å². The van der Waals surface area contributed by atoms with Crippen LogP contribution in [0.15, 0.2) is 0 Å². The molecule has 5 heteroatoms. The molecule has 3 unspecified atom stereocenters. The summed E-state index contributed by atoms with van der Waals surface area (Å²) in [5.41, 5.74) is 0. The number of hydrogen-bond donors (Lipinski definition) is 1. The Balaban J connectivity index is 1.92. The van der Waals surface area contributed by atoms with Crippen LogP contribution in [-0.4, -0.2) is 42.8 Å². The van der Waals surface area contributed by atoms with Crippen molar-refractivity contribution >= 4 is 0 Å². The number of nitrogens with one attached hydrogen (secondary N) is 1. The van der Waals surface area contributed by atoms with Gasteiger partial charge in [-0.25, -0.2) is 0 Å². The lowest BCUT2D eigenvalue weighted by Crippen LogP contribution is -2.51. The molecule has 0 aliphatic carbocycles. The maximum absolute atomic E-state index is 12.7. The monoisotopic (exact) mass is 250 g/mol. The van der Waals surface area contributed by atoms with E-state index in [1.54, 1.807) is 0 Å². The molecule has 0 spiro atoms. The van der Waals surface area contributed by atoms with Gasteiger partial charge in [0.1, 0.15) is 0 Å². The van der Waals surface area contributed by atoms with E-state index in [-0.39, 0.29) is 6.54 Å². The fourth-order valence-electron chi connectivity index (χ4n) is 3.04. The summed E-state index contributed by atoms with van der Waals surface area (Å²) in [4.78, 5) is 2.07. The molecule has 17 heavy (non-hydrogen) atoms. The zero-order valence-electron chi connectivity index (χ0n) is 10.3. The van der Waals surface area contributed by atoms with Gasteiger partial charge in [0, 0.05) is 18.6 Å². The Morgan fingerprint density at radius 2 is 2.00 bits per heavy atom. The van der Waals surface area contributed by atoms with E-state index >= 15 is 0 Å². The average molecular weight is 250 g/mol. The average Bonchev–Trinajstić information content (AvgIpc) is 2.28. The van der Waals surface area contributed by atoms with Crippen molar-refractivity contribution in [3.8, 4) is 0 Å². The molecular weight excluding hydrogens is 229 g/mol. The SMILES string of the molecule is CC1CC(N2CCCC(C(F)(F)F)C2)CCN1. The Bertz CT molecular complexity index is 255. The molecule has 0 radical (unpaired) electrons. The van der Waals surface area contributed by atoms with E-state index in [4.69, 9.17) is 0 Å². The van der Waals surface area contributed by atoms with Crippen molar-refractivity contribution in [3.63, 3.8) is 0 Å². The third-order valence-electron chi connectivity index (χ3n) is 4.03. The summed E-state index contributed by atoms with van der Waals surface area (Å²) >= 11 is 0. The van der Waals surface area contributed by atoms with Crippen LogP contribution in [-0.2, 0) is 0 Å². The van der Waals surface area contributed by atoms with E-state index in [9.17, 15) is 13.2 Å². The van der Waals surface area contributed by atoms with Crippen molar-refractivity contribution in [2.45, 2.75) is 50.9 Å². The van der Waals surface area contributed by atoms with Crippen LogP contribution in [0.5, 0.6) is 0 Å². The van der Waals surface area contributed by atoms with Gasteiger partial charge >= 0.3 is 6.18 Å². The van der Waals surface area contributed by atoms with Gasteiger partial charge in [-0.2, -0.15) is 13.2 Å². The van der Waals surface area contributed by atoms with Crippen LogP contribution in [0.3, 0.4) is 0 Å². The molecule has 0 aromatic rings. The molecule has 0 saturated carbocycles. The molecule has 3 atom stereocenters. The third-order valence-corrected chi connectivity index (χ3v) is 4.03. The minimum atomic E-state index is -4.02. The van der Waals surface area contributed by atoms with E-state index in [0.717, 1.165) is 25.9 Å². The van der Waals surface area contributed by atoms with E-state index in [2.05, 4.69) is 17.1 Å². The van der Waals surface area contributed by atoms with Gasteiger partial charge in [-0.1, -0.05) is 0 Å². The van der Waals surface area contributed by atoms with E-state index in [0.29, 0.717) is 24.9 Å². The quantitative estimate of drug-likeness (QED) is 0.768. The summed E-state index contributed by atoms with van der Waals surface area (Å²) in [5.74, 6) is -1.11. The van der Waals surface area contributed by atoms with Crippen molar-refractivity contribution < 1.29 is 13.2 Å². The highest BCUT2D eigenvalue weighted by Gasteiger charge is 2.43. The van der Waals surface area contributed by atoms with Gasteiger partial charge in [0.2, 0.25) is 0 Å². The smallest absolute Gasteiger partial charge is 0.314 e. The summed E-state index contributed by atoms with van der Waals surface area (Å²) in [5, 5.41) is 3.34. The number of alkyl halides is 3. The summed E-state index contributed by atoms with van der Waals surface area (Å²) < 4.78 is 38.2. The first-order valence-electron chi connectivity index (χ1n) is 6.51. The van der Waals surface area contributed by atoms with Gasteiger partial charge in [-0.05, 0) is 45.7 Å². The highest BCUT2D eigenvalue weighted by atomic mass is 19.4. The number of rotatable bonds is 1. The molecule has 2 nitrogen and oxygen atoms in total. The first-order chi connectivity index (χ1) is 7.97. The Hall–Kier alpha value is -0.290. The predicted octanol–water partition coefficient (Wildman–Crippen LogP) is 2.40. The van der Waals surface area contributed by atoms with Gasteiger partial charge in [-0.15, -0.1) is 0 Å². The number of nitrogens with zero attached hydrogens (tertiary/aromatic N) is 1. The van der Waals surface area contributed by atoms with E-state index in [1.165, 1.54) is 0 Å². The standard InChI is InChI=1S/C12H21F3N2/c1-9-7-11(4-5-16-9)17-6-2-3-10(8-17)12(13,14)15/h9-11,16H,2-8H2,1H3. The largest absolute Gasteiger partial charge is 0.393 e. The zero-order valence-corrected chi connectivity index (χ0v) is 10.3. The number of halogens is 3. The fourth-order valence-corrected chi connectivity index (χ4v) is 3.04. The highest BCUT2D eigenvalue weighted by molar-refractivity contribution is 4.87. The molecule has 100 valence electrons. The van der Waals surface area contributed by atoms with Crippen molar-refractivity contribution in [3.05, 3.63) is 0 Å². The second-order valence-electron chi connectivity index (χ2n) is 5.41. The van der Waals surface area contributed by atoms with E-state index < -0.39 is 12.1 Å².